The zero-order chi connectivity index (χ0) is 13.1. The minimum atomic E-state index is -0.183. The van der Waals surface area contributed by atoms with E-state index in [0.29, 0.717) is 11.6 Å². The lowest BCUT2D eigenvalue weighted by atomic mass is 10.0. The Bertz CT molecular complexity index is 485. The van der Waals surface area contributed by atoms with Crippen LogP contribution in [0, 0.1) is 18.7 Å². The van der Waals surface area contributed by atoms with E-state index in [2.05, 4.69) is 30.6 Å². The van der Waals surface area contributed by atoms with Crippen LogP contribution in [0.2, 0.25) is 0 Å². The van der Waals surface area contributed by atoms with Gasteiger partial charge < -0.3 is 5.32 Å². The predicted octanol–water partition coefficient (Wildman–Crippen LogP) is 5.00. The number of thiophene rings is 1. The van der Waals surface area contributed by atoms with Crippen molar-refractivity contribution < 1.29 is 4.39 Å². The Labute approximate surface area is 112 Å². The highest BCUT2D eigenvalue weighted by Gasteiger charge is 2.18. The van der Waals surface area contributed by atoms with Crippen LogP contribution in [0.5, 0.6) is 0 Å². The summed E-state index contributed by atoms with van der Waals surface area (Å²) in [5.74, 6) is 0.222. The number of hydrogen-bond acceptors (Lipinski definition) is 2. The standard InChI is InChI=1S/C15H18FNS/c1-10(2)14(13-8-5-9-18-13)17-15-11(3)6-4-7-12(15)16/h4-10,14,17H,1-3H3. The van der Waals surface area contributed by atoms with Gasteiger partial charge in [-0.05, 0) is 35.9 Å². The molecule has 0 saturated carbocycles. The minimum Gasteiger partial charge on any atom is -0.375 e. The van der Waals surface area contributed by atoms with Crippen LogP contribution in [0.4, 0.5) is 10.1 Å². The molecule has 1 heterocycles. The summed E-state index contributed by atoms with van der Waals surface area (Å²) in [7, 11) is 0. The molecule has 0 aliphatic rings. The number of aryl methyl sites for hydroxylation is 1. The number of rotatable bonds is 4. The van der Waals surface area contributed by atoms with Crippen molar-refractivity contribution in [2.24, 2.45) is 5.92 Å². The van der Waals surface area contributed by atoms with Crippen molar-refractivity contribution in [2.75, 3.05) is 5.32 Å². The lowest BCUT2D eigenvalue weighted by Crippen LogP contribution is -2.17. The van der Waals surface area contributed by atoms with Gasteiger partial charge in [-0.2, -0.15) is 0 Å². The third-order valence-electron chi connectivity index (χ3n) is 3.04. The highest BCUT2D eigenvalue weighted by atomic mass is 32.1. The Hall–Kier alpha value is -1.35. The molecule has 0 aliphatic heterocycles. The van der Waals surface area contributed by atoms with Crippen molar-refractivity contribution >= 4 is 17.0 Å². The highest BCUT2D eigenvalue weighted by Crippen LogP contribution is 2.31. The summed E-state index contributed by atoms with van der Waals surface area (Å²) in [6.45, 7) is 6.22. The normalized spacial score (nSPS) is 12.7. The number of anilines is 1. The first-order valence-electron chi connectivity index (χ1n) is 6.14. The van der Waals surface area contributed by atoms with Gasteiger partial charge in [0.05, 0.1) is 11.7 Å². The van der Waals surface area contributed by atoms with Gasteiger partial charge in [-0.25, -0.2) is 4.39 Å². The first kappa shape index (κ1) is 13.1. The number of nitrogens with one attached hydrogen (secondary N) is 1. The number of halogens is 1. The van der Waals surface area contributed by atoms with Crippen LogP contribution in [-0.4, -0.2) is 0 Å². The zero-order valence-corrected chi connectivity index (χ0v) is 11.7. The molecule has 1 unspecified atom stereocenters. The number of hydrogen-bond donors (Lipinski definition) is 1. The fourth-order valence-corrected chi connectivity index (χ4v) is 2.95. The van der Waals surface area contributed by atoms with Crippen molar-refractivity contribution in [1.82, 2.24) is 0 Å². The Morgan fingerprint density at radius 3 is 2.50 bits per heavy atom. The van der Waals surface area contributed by atoms with Crippen LogP contribution in [0.3, 0.4) is 0 Å². The molecule has 0 amide bonds. The van der Waals surface area contributed by atoms with Crippen LogP contribution >= 0.6 is 11.3 Å². The van der Waals surface area contributed by atoms with Crippen LogP contribution < -0.4 is 5.32 Å². The molecule has 96 valence electrons. The molecule has 0 spiro atoms. The van der Waals surface area contributed by atoms with E-state index in [-0.39, 0.29) is 11.9 Å². The molecule has 0 fully saturated rings. The van der Waals surface area contributed by atoms with Gasteiger partial charge in [-0.15, -0.1) is 11.3 Å². The molecule has 0 aliphatic carbocycles. The number of benzene rings is 1. The molecule has 2 aromatic rings. The maximum atomic E-state index is 13.9. The smallest absolute Gasteiger partial charge is 0.146 e. The van der Waals surface area contributed by atoms with Crippen molar-refractivity contribution in [2.45, 2.75) is 26.8 Å². The predicted molar refractivity (Wildman–Crippen MR) is 76.7 cm³/mol. The van der Waals surface area contributed by atoms with E-state index >= 15 is 0 Å². The summed E-state index contributed by atoms with van der Waals surface area (Å²) >= 11 is 1.71. The van der Waals surface area contributed by atoms with Crippen molar-refractivity contribution in [3.05, 3.63) is 52.0 Å². The Balaban J connectivity index is 2.30. The third-order valence-corrected chi connectivity index (χ3v) is 3.99. The fraction of sp³-hybridized carbons (Fsp3) is 0.333. The van der Waals surface area contributed by atoms with E-state index in [1.807, 2.05) is 19.1 Å². The van der Waals surface area contributed by atoms with Gasteiger partial charge in [0.1, 0.15) is 5.82 Å². The molecule has 1 aromatic heterocycles. The van der Waals surface area contributed by atoms with Crippen molar-refractivity contribution in [3.63, 3.8) is 0 Å². The topological polar surface area (TPSA) is 12.0 Å². The van der Waals surface area contributed by atoms with E-state index < -0.39 is 0 Å². The van der Waals surface area contributed by atoms with Gasteiger partial charge in [0, 0.05) is 4.88 Å². The van der Waals surface area contributed by atoms with Gasteiger partial charge in [0.25, 0.3) is 0 Å². The maximum absolute atomic E-state index is 13.9. The van der Waals surface area contributed by atoms with Crippen molar-refractivity contribution in [3.8, 4) is 0 Å². The first-order chi connectivity index (χ1) is 8.59. The average Bonchev–Trinajstić information content (AvgIpc) is 2.81. The van der Waals surface area contributed by atoms with Gasteiger partial charge in [0.15, 0.2) is 0 Å². The quantitative estimate of drug-likeness (QED) is 0.818. The molecule has 1 nitrogen and oxygen atoms in total. The summed E-state index contributed by atoms with van der Waals surface area (Å²) in [5.41, 5.74) is 1.56. The van der Waals surface area contributed by atoms with Crippen molar-refractivity contribution in [1.29, 1.82) is 0 Å². The molecule has 0 saturated heterocycles. The number of para-hydroxylation sites is 1. The molecular formula is C15H18FNS. The largest absolute Gasteiger partial charge is 0.375 e. The van der Waals surface area contributed by atoms with Crippen LogP contribution in [0.25, 0.3) is 0 Å². The van der Waals surface area contributed by atoms with E-state index in [0.717, 1.165) is 5.56 Å². The molecule has 3 heteroatoms. The highest BCUT2D eigenvalue weighted by molar-refractivity contribution is 7.10. The molecule has 1 aromatic carbocycles. The average molecular weight is 263 g/mol. The van der Waals surface area contributed by atoms with E-state index in [1.165, 1.54) is 10.9 Å². The van der Waals surface area contributed by atoms with Gasteiger partial charge in [0.2, 0.25) is 0 Å². The molecule has 18 heavy (non-hydrogen) atoms. The summed E-state index contributed by atoms with van der Waals surface area (Å²) in [5, 5.41) is 5.41. The van der Waals surface area contributed by atoms with E-state index in [1.54, 1.807) is 17.4 Å². The summed E-state index contributed by atoms with van der Waals surface area (Å²) in [4.78, 5) is 1.24. The Kier molecular flexibility index (Phi) is 4.02. The summed E-state index contributed by atoms with van der Waals surface area (Å²) in [6, 6.07) is 9.45. The fourth-order valence-electron chi connectivity index (χ4n) is 2.00. The molecule has 1 atom stereocenters. The van der Waals surface area contributed by atoms with Crippen LogP contribution in [0.1, 0.15) is 30.3 Å². The lowest BCUT2D eigenvalue weighted by molar-refractivity contribution is 0.546. The second-order valence-electron chi connectivity index (χ2n) is 4.81. The third kappa shape index (κ3) is 2.72. The Morgan fingerprint density at radius 1 is 1.17 bits per heavy atom. The summed E-state index contributed by atoms with van der Waals surface area (Å²) < 4.78 is 13.9. The maximum Gasteiger partial charge on any atom is 0.146 e. The zero-order valence-electron chi connectivity index (χ0n) is 10.9. The molecular weight excluding hydrogens is 245 g/mol. The second kappa shape index (κ2) is 5.53. The second-order valence-corrected chi connectivity index (χ2v) is 5.79. The van der Waals surface area contributed by atoms with Crippen LogP contribution in [-0.2, 0) is 0 Å². The molecule has 0 bridgehead atoms. The SMILES string of the molecule is Cc1cccc(F)c1NC(c1cccs1)C(C)C. The molecule has 0 radical (unpaired) electrons. The van der Waals surface area contributed by atoms with E-state index in [9.17, 15) is 4.39 Å². The van der Waals surface area contributed by atoms with Gasteiger partial charge in [-0.1, -0.05) is 32.0 Å². The van der Waals surface area contributed by atoms with Gasteiger partial charge in [-0.3, -0.25) is 0 Å². The molecule has 1 N–H and O–H groups in total. The monoisotopic (exact) mass is 263 g/mol. The van der Waals surface area contributed by atoms with Crippen LogP contribution in [0.15, 0.2) is 35.7 Å². The van der Waals surface area contributed by atoms with Gasteiger partial charge >= 0.3 is 0 Å². The lowest BCUT2D eigenvalue weighted by Gasteiger charge is -2.23. The first-order valence-corrected chi connectivity index (χ1v) is 7.02. The molecule has 2 rings (SSSR count). The minimum absolute atomic E-state index is 0.153. The Morgan fingerprint density at radius 2 is 1.94 bits per heavy atom. The van der Waals surface area contributed by atoms with E-state index in [4.69, 9.17) is 0 Å². The summed E-state index contributed by atoms with van der Waals surface area (Å²) in [6.07, 6.45) is 0.